The summed E-state index contributed by atoms with van der Waals surface area (Å²) in [4.78, 5) is 24.0. The van der Waals surface area contributed by atoms with Crippen LogP contribution in [0.25, 0.3) is 0 Å². The van der Waals surface area contributed by atoms with E-state index in [-0.39, 0.29) is 18.5 Å². The Balaban J connectivity index is 4.05. The largest absolute Gasteiger partial charge is 0.481 e. The van der Waals surface area contributed by atoms with Crippen LogP contribution >= 0.6 is 0 Å². The molecule has 0 radical (unpaired) electrons. The van der Waals surface area contributed by atoms with E-state index in [0.29, 0.717) is 13.1 Å². The van der Waals surface area contributed by atoms with Crippen LogP contribution in [0.3, 0.4) is 0 Å². The molecule has 0 aromatic rings. The second-order valence-electron chi connectivity index (χ2n) is 3.86. The Bertz CT molecular complexity index is 239. The third-order valence-corrected chi connectivity index (χ3v) is 2.83. The molecular formula is C11H22N2O3. The first-order valence-corrected chi connectivity index (χ1v) is 5.67. The van der Waals surface area contributed by atoms with Crippen molar-refractivity contribution in [3.63, 3.8) is 0 Å². The van der Waals surface area contributed by atoms with Crippen LogP contribution < -0.4 is 5.32 Å². The van der Waals surface area contributed by atoms with E-state index in [1.807, 2.05) is 13.8 Å². The van der Waals surface area contributed by atoms with Gasteiger partial charge in [-0.25, -0.2) is 0 Å². The van der Waals surface area contributed by atoms with Crippen LogP contribution in [0.15, 0.2) is 0 Å². The molecular weight excluding hydrogens is 208 g/mol. The predicted octanol–water partition coefficient (Wildman–Crippen LogP) is 0.554. The summed E-state index contributed by atoms with van der Waals surface area (Å²) in [7, 11) is 0. The molecule has 0 aromatic heterocycles. The van der Waals surface area contributed by atoms with Crippen LogP contribution in [0.1, 0.15) is 27.7 Å². The minimum Gasteiger partial charge on any atom is -0.481 e. The molecule has 0 spiro atoms. The fourth-order valence-corrected chi connectivity index (χ4v) is 1.33. The molecule has 16 heavy (non-hydrogen) atoms. The van der Waals surface area contributed by atoms with E-state index in [1.165, 1.54) is 0 Å². The SMILES string of the molecule is CCN(CC)C(=O)CNC(C)C(C)C(=O)O. The van der Waals surface area contributed by atoms with Crippen LogP contribution in [0.5, 0.6) is 0 Å². The molecule has 0 saturated carbocycles. The smallest absolute Gasteiger partial charge is 0.307 e. The van der Waals surface area contributed by atoms with Gasteiger partial charge in [0, 0.05) is 19.1 Å². The first-order chi connectivity index (χ1) is 7.43. The Hall–Kier alpha value is -1.10. The standard InChI is InChI=1S/C11H22N2O3/c1-5-13(6-2)10(14)7-12-9(4)8(3)11(15)16/h8-9,12H,5-7H2,1-4H3,(H,15,16). The van der Waals surface area contributed by atoms with Gasteiger partial charge in [0.2, 0.25) is 5.91 Å². The molecule has 0 saturated heterocycles. The second-order valence-corrected chi connectivity index (χ2v) is 3.86. The number of nitrogens with zero attached hydrogens (tertiary/aromatic N) is 1. The summed E-state index contributed by atoms with van der Waals surface area (Å²) in [5.41, 5.74) is 0. The summed E-state index contributed by atoms with van der Waals surface area (Å²) in [6.45, 7) is 8.80. The quantitative estimate of drug-likeness (QED) is 0.670. The van der Waals surface area contributed by atoms with Gasteiger partial charge in [0.25, 0.3) is 0 Å². The molecule has 0 rings (SSSR count). The Labute approximate surface area is 96.8 Å². The number of carbonyl (C=O) groups is 2. The van der Waals surface area contributed by atoms with Gasteiger partial charge in [-0.15, -0.1) is 0 Å². The van der Waals surface area contributed by atoms with Crippen molar-refractivity contribution in [2.45, 2.75) is 33.7 Å². The molecule has 0 aliphatic heterocycles. The molecule has 0 aliphatic rings. The molecule has 94 valence electrons. The second kappa shape index (κ2) is 7.22. The van der Waals surface area contributed by atoms with Gasteiger partial charge in [0.05, 0.1) is 12.5 Å². The maximum atomic E-state index is 11.6. The molecule has 0 fully saturated rings. The number of amides is 1. The Morgan fingerprint density at radius 2 is 1.75 bits per heavy atom. The van der Waals surface area contributed by atoms with Crippen molar-refractivity contribution in [1.29, 1.82) is 0 Å². The lowest BCUT2D eigenvalue weighted by atomic mass is 10.0. The van der Waals surface area contributed by atoms with Gasteiger partial charge in [-0.3, -0.25) is 9.59 Å². The highest BCUT2D eigenvalue weighted by molar-refractivity contribution is 5.78. The average molecular weight is 230 g/mol. The first-order valence-electron chi connectivity index (χ1n) is 5.67. The number of carbonyl (C=O) groups excluding carboxylic acids is 1. The Kier molecular flexibility index (Phi) is 6.72. The number of likely N-dealkylation sites (N-methyl/N-ethyl adjacent to an activating group) is 1. The van der Waals surface area contributed by atoms with E-state index in [1.54, 1.807) is 18.7 Å². The van der Waals surface area contributed by atoms with Crippen molar-refractivity contribution in [3.05, 3.63) is 0 Å². The van der Waals surface area contributed by atoms with E-state index in [4.69, 9.17) is 5.11 Å². The highest BCUT2D eigenvalue weighted by Crippen LogP contribution is 2.02. The van der Waals surface area contributed by atoms with Crippen LogP contribution in [0.4, 0.5) is 0 Å². The van der Waals surface area contributed by atoms with E-state index in [0.717, 1.165) is 0 Å². The summed E-state index contributed by atoms with van der Waals surface area (Å²) in [5.74, 6) is -1.34. The molecule has 2 N–H and O–H groups in total. The third kappa shape index (κ3) is 4.61. The number of hydrogen-bond donors (Lipinski definition) is 2. The van der Waals surface area contributed by atoms with Gasteiger partial charge < -0.3 is 15.3 Å². The topological polar surface area (TPSA) is 69.6 Å². The van der Waals surface area contributed by atoms with Crippen molar-refractivity contribution in [2.75, 3.05) is 19.6 Å². The monoisotopic (exact) mass is 230 g/mol. The molecule has 1 amide bonds. The molecule has 0 heterocycles. The predicted molar refractivity (Wildman–Crippen MR) is 62.2 cm³/mol. The van der Waals surface area contributed by atoms with Gasteiger partial charge >= 0.3 is 5.97 Å². The average Bonchev–Trinajstić information content (AvgIpc) is 2.26. The Morgan fingerprint density at radius 1 is 1.25 bits per heavy atom. The van der Waals surface area contributed by atoms with Crippen LogP contribution in [0.2, 0.25) is 0 Å². The van der Waals surface area contributed by atoms with Gasteiger partial charge in [-0.05, 0) is 20.8 Å². The maximum absolute atomic E-state index is 11.6. The zero-order valence-electron chi connectivity index (χ0n) is 10.5. The van der Waals surface area contributed by atoms with Crippen LogP contribution in [-0.4, -0.2) is 47.6 Å². The molecule has 5 nitrogen and oxygen atoms in total. The third-order valence-electron chi connectivity index (χ3n) is 2.83. The molecule has 5 heteroatoms. The number of carboxylic acid groups (broad SMARTS) is 1. The van der Waals surface area contributed by atoms with Crippen molar-refractivity contribution < 1.29 is 14.7 Å². The summed E-state index contributed by atoms with van der Waals surface area (Å²) >= 11 is 0. The number of carboxylic acids is 1. The lowest BCUT2D eigenvalue weighted by Crippen LogP contribution is -2.44. The summed E-state index contributed by atoms with van der Waals surface area (Å²) in [6.07, 6.45) is 0. The highest BCUT2D eigenvalue weighted by atomic mass is 16.4. The van der Waals surface area contributed by atoms with Crippen molar-refractivity contribution >= 4 is 11.9 Å². The fraction of sp³-hybridized carbons (Fsp3) is 0.818. The fourth-order valence-electron chi connectivity index (χ4n) is 1.33. The number of rotatable bonds is 7. The summed E-state index contributed by atoms with van der Waals surface area (Å²) < 4.78 is 0. The van der Waals surface area contributed by atoms with Gasteiger partial charge in [-0.2, -0.15) is 0 Å². The lowest BCUT2D eigenvalue weighted by Gasteiger charge is -2.22. The van der Waals surface area contributed by atoms with Crippen LogP contribution in [0, 0.1) is 5.92 Å². The molecule has 2 atom stereocenters. The normalized spacial score (nSPS) is 14.2. The summed E-state index contributed by atoms with van der Waals surface area (Å²) in [6, 6.07) is -0.211. The first kappa shape index (κ1) is 14.9. The van der Waals surface area contributed by atoms with E-state index < -0.39 is 11.9 Å². The van der Waals surface area contributed by atoms with E-state index in [9.17, 15) is 9.59 Å². The molecule has 0 bridgehead atoms. The van der Waals surface area contributed by atoms with Crippen molar-refractivity contribution in [2.24, 2.45) is 5.92 Å². The number of aliphatic carboxylic acids is 1. The van der Waals surface area contributed by atoms with Gasteiger partial charge in [0.15, 0.2) is 0 Å². The minimum atomic E-state index is -0.852. The number of hydrogen-bond acceptors (Lipinski definition) is 3. The molecule has 0 aromatic carbocycles. The highest BCUT2D eigenvalue weighted by Gasteiger charge is 2.20. The van der Waals surface area contributed by atoms with Crippen LogP contribution in [-0.2, 0) is 9.59 Å². The zero-order chi connectivity index (χ0) is 12.7. The van der Waals surface area contributed by atoms with E-state index >= 15 is 0 Å². The lowest BCUT2D eigenvalue weighted by molar-refractivity contribution is -0.142. The Morgan fingerprint density at radius 3 is 2.12 bits per heavy atom. The minimum absolute atomic E-state index is 0.00874. The summed E-state index contributed by atoms with van der Waals surface area (Å²) in [5, 5.41) is 11.7. The zero-order valence-corrected chi connectivity index (χ0v) is 10.5. The molecule has 2 unspecified atom stereocenters. The van der Waals surface area contributed by atoms with Crippen molar-refractivity contribution in [1.82, 2.24) is 10.2 Å². The van der Waals surface area contributed by atoms with E-state index in [2.05, 4.69) is 5.32 Å². The number of nitrogens with one attached hydrogen (secondary N) is 1. The van der Waals surface area contributed by atoms with Crippen molar-refractivity contribution in [3.8, 4) is 0 Å². The van der Waals surface area contributed by atoms with Gasteiger partial charge in [-0.1, -0.05) is 6.92 Å². The molecule has 0 aliphatic carbocycles. The maximum Gasteiger partial charge on any atom is 0.307 e. The van der Waals surface area contributed by atoms with Gasteiger partial charge in [0.1, 0.15) is 0 Å².